The molecule has 0 aromatic rings. The summed E-state index contributed by atoms with van der Waals surface area (Å²) in [5.74, 6) is 0. The van der Waals surface area contributed by atoms with Crippen LogP contribution in [-0.2, 0) is 4.79 Å². The first-order valence-electron chi connectivity index (χ1n) is 5.66. The van der Waals surface area contributed by atoms with Crippen LogP contribution in [0.2, 0.25) is 0 Å². The number of allylic oxidation sites excluding steroid dienone is 6. The van der Waals surface area contributed by atoms with Gasteiger partial charge in [-0.05, 0) is 71.9 Å². The van der Waals surface area contributed by atoms with Gasteiger partial charge in [0.25, 0.3) is 0 Å². The molecule has 0 fully saturated rings. The molecular weight excluding hydrogens is 311 g/mol. The third-order valence-electron chi connectivity index (χ3n) is 3.18. The largest absolute Gasteiger partial charge is 0.299 e. The Morgan fingerprint density at radius 3 is 2.69 bits per heavy atom. The first-order chi connectivity index (χ1) is 7.47. The second-order valence-electron chi connectivity index (χ2n) is 4.95. The van der Waals surface area contributed by atoms with E-state index in [2.05, 4.69) is 49.4 Å². The van der Waals surface area contributed by atoms with Crippen LogP contribution in [0, 0.1) is 5.41 Å². The minimum absolute atomic E-state index is 0.275. The molecule has 0 radical (unpaired) electrons. The number of hydrogen-bond acceptors (Lipinski definition) is 1. The summed E-state index contributed by atoms with van der Waals surface area (Å²) in [6.45, 7) is 6.81. The molecule has 1 nitrogen and oxygen atoms in total. The van der Waals surface area contributed by atoms with E-state index in [9.17, 15) is 4.79 Å². The van der Waals surface area contributed by atoms with Gasteiger partial charge in [-0.1, -0.05) is 25.5 Å². The van der Waals surface area contributed by atoms with Gasteiger partial charge in [0.05, 0.1) is 0 Å². The molecule has 0 aliphatic heterocycles. The Hall–Kier alpha value is -0.380. The fourth-order valence-corrected chi connectivity index (χ4v) is 2.62. The molecule has 0 bridgehead atoms. The summed E-state index contributed by atoms with van der Waals surface area (Å²) < 4.78 is 0.981. The van der Waals surface area contributed by atoms with E-state index in [4.69, 9.17) is 0 Å². The monoisotopic (exact) mass is 330 g/mol. The standard InChI is InChI=1S/C14H19IO/c1-11-5-4-9-14(2,3)13(11)7-6-12(15)8-10-16/h6-8,10H,4-5,9H2,1-3H3/b7-6+,12-8+. The summed E-state index contributed by atoms with van der Waals surface area (Å²) in [6.07, 6.45) is 10.4. The Labute approximate surface area is 112 Å². The minimum atomic E-state index is 0.275. The summed E-state index contributed by atoms with van der Waals surface area (Å²) in [7, 11) is 0. The number of halogens is 1. The fraction of sp³-hybridized carbons (Fsp3) is 0.500. The van der Waals surface area contributed by atoms with Gasteiger partial charge in [0.1, 0.15) is 6.29 Å². The van der Waals surface area contributed by atoms with Crippen LogP contribution in [-0.4, -0.2) is 6.29 Å². The molecular formula is C14H19IO. The molecule has 0 aromatic carbocycles. The Morgan fingerprint density at radius 1 is 1.44 bits per heavy atom. The normalized spacial score (nSPS) is 21.6. The van der Waals surface area contributed by atoms with Gasteiger partial charge in [-0.3, -0.25) is 4.79 Å². The lowest BCUT2D eigenvalue weighted by Gasteiger charge is -2.32. The lowest BCUT2D eigenvalue weighted by atomic mass is 9.73. The lowest BCUT2D eigenvalue weighted by Crippen LogP contribution is -2.18. The van der Waals surface area contributed by atoms with Gasteiger partial charge < -0.3 is 0 Å². The summed E-state index contributed by atoms with van der Waals surface area (Å²) in [6, 6.07) is 0. The van der Waals surface area contributed by atoms with Crippen LogP contribution in [0.15, 0.2) is 33.0 Å². The zero-order chi connectivity index (χ0) is 12.2. The van der Waals surface area contributed by atoms with Crippen LogP contribution < -0.4 is 0 Å². The van der Waals surface area contributed by atoms with Gasteiger partial charge in [-0.2, -0.15) is 0 Å². The van der Waals surface area contributed by atoms with Crippen molar-refractivity contribution in [1.29, 1.82) is 0 Å². The second kappa shape index (κ2) is 5.80. The highest BCUT2D eigenvalue weighted by atomic mass is 127. The summed E-state index contributed by atoms with van der Waals surface area (Å²) in [5, 5.41) is 0. The Bertz CT molecular complexity index is 359. The van der Waals surface area contributed by atoms with Gasteiger partial charge in [0, 0.05) is 3.58 Å². The molecule has 2 heteroatoms. The van der Waals surface area contributed by atoms with Crippen LogP contribution in [0.1, 0.15) is 40.0 Å². The lowest BCUT2D eigenvalue weighted by molar-refractivity contribution is -0.104. The zero-order valence-corrected chi connectivity index (χ0v) is 12.4. The van der Waals surface area contributed by atoms with Crippen LogP contribution in [0.3, 0.4) is 0 Å². The highest BCUT2D eigenvalue weighted by molar-refractivity contribution is 14.1. The van der Waals surface area contributed by atoms with Crippen molar-refractivity contribution in [2.75, 3.05) is 0 Å². The number of aldehydes is 1. The Balaban J connectivity index is 2.93. The molecule has 1 rings (SSSR count). The quantitative estimate of drug-likeness (QED) is 0.320. The van der Waals surface area contributed by atoms with Crippen LogP contribution in [0.4, 0.5) is 0 Å². The van der Waals surface area contributed by atoms with Crippen LogP contribution >= 0.6 is 22.6 Å². The molecule has 0 aromatic heterocycles. The smallest absolute Gasteiger partial charge is 0.143 e. The van der Waals surface area contributed by atoms with E-state index in [0.717, 1.165) is 9.87 Å². The molecule has 0 N–H and O–H groups in total. The summed E-state index contributed by atoms with van der Waals surface area (Å²) >= 11 is 2.18. The zero-order valence-electron chi connectivity index (χ0n) is 10.2. The van der Waals surface area contributed by atoms with Crippen molar-refractivity contribution >= 4 is 28.9 Å². The molecule has 0 amide bonds. The van der Waals surface area contributed by atoms with E-state index in [1.54, 1.807) is 6.08 Å². The van der Waals surface area contributed by atoms with E-state index in [-0.39, 0.29) is 5.41 Å². The number of carbonyl (C=O) groups excluding carboxylic acids is 1. The van der Waals surface area contributed by atoms with Crippen molar-refractivity contribution < 1.29 is 4.79 Å². The van der Waals surface area contributed by atoms with Gasteiger partial charge in [0.2, 0.25) is 0 Å². The van der Waals surface area contributed by atoms with Crippen molar-refractivity contribution in [3.8, 4) is 0 Å². The third kappa shape index (κ3) is 3.58. The maximum Gasteiger partial charge on any atom is 0.143 e. The molecule has 0 heterocycles. The van der Waals surface area contributed by atoms with Crippen molar-refractivity contribution in [2.45, 2.75) is 40.0 Å². The molecule has 16 heavy (non-hydrogen) atoms. The van der Waals surface area contributed by atoms with Gasteiger partial charge in [-0.15, -0.1) is 0 Å². The van der Waals surface area contributed by atoms with Crippen molar-refractivity contribution in [1.82, 2.24) is 0 Å². The van der Waals surface area contributed by atoms with Gasteiger partial charge in [-0.25, -0.2) is 0 Å². The van der Waals surface area contributed by atoms with E-state index < -0.39 is 0 Å². The van der Waals surface area contributed by atoms with Crippen LogP contribution in [0.25, 0.3) is 0 Å². The minimum Gasteiger partial charge on any atom is -0.299 e. The van der Waals surface area contributed by atoms with Crippen molar-refractivity contribution in [3.05, 3.63) is 33.0 Å². The van der Waals surface area contributed by atoms with E-state index >= 15 is 0 Å². The SMILES string of the molecule is CC1=C(/C=C/C(I)=C\C=O)C(C)(C)CCC1. The molecule has 0 saturated heterocycles. The maximum absolute atomic E-state index is 10.3. The molecule has 0 unspecified atom stereocenters. The highest BCUT2D eigenvalue weighted by Gasteiger charge is 2.26. The van der Waals surface area contributed by atoms with Crippen LogP contribution in [0.5, 0.6) is 0 Å². The predicted octanol–water partition coefficient (Wildman–Crippen LogP) is 4.59. The van der Waals surface area contributed by atoms with E-state index in [1.807, 2.05) is 6.08 Å². The predicted molar refractivity (Wildman–Crippen MR) is 77.6 cm³/mol. The van der Waals surface area contributed by atoms with Gasteiger partial charge >= 0.3 is 0 Å². The number of rotatable bonds is 3. The summed E-state index contributed by atoms with van der Waals surface area (Å²) in [5.41, 5.74) is 3.20. The maximum atomic E-state index is 10.3. The Kier molecular flexibility index (Phi) is 4.96. The van der Waals surface area contributed by atoms with E-state index in [1.165, 1.54) is 30.4 Å². The first kappa shape index (κ1) is 13.7. The average Bonchev–Trinajstić information content (AvgIpc) is 2.16. The number of hydrogen-bond donors (Lipinski definition) is 0. The van der Waals surface area contributed by atoms with Crippen molar-refractivity contribution in [3.63, 3.8) is 0 Å². The fourth-order valence-electron chi connectivity index (χ4n) is 2.29. The second-order valence-corrected chi connectivity index (χ2v) is 6.20. The van der Waals surface area contributed by atoms with Crippen molar-refractivity contribution in [2.24, 2.45) is 5.41 Å². The molecule has 1 aliphatic rings. The molecule has 0 atom stereocenters. The van der Waals surface area contributed by atoms with E-state index in [0.29, 0.717) is 0 Å². The molecule has 1 aliphatic carbocycles. The average molecular weight is 330 g/mol. The third-order valence-corrected chi connectivity index (χ3v) is 3.90. The molecule has 0 spiro atoms. The molecule has 88 valence electrons. The molecule has 0 saturated carbocycles. The highest BCUT2D eigenvalue weighted by Crippen LogP contribution is 2.40. The topological polar surface area (TPSA) is 17.1 Å². The number of carbonyl (C=O) groups is 1. The van der Waals surface area contributed by atoms with Gasteiger partial charge in [0.15, 0.2) is 0 Å². The Morgan fingerprint density at radius 2 is 2.12 bits per heavy atom. The first-order valence-corrected chi connectivity index (χ1v) is 6.74. The summed E-state index contributed by atoms with van der Waals surface area (Å²) in [4.78, 5) is 10.3.